The Balaban J connectivity index is 1.85. The number of nitrogens with one attached hydrogen (secondary N) is 1. The molecule has 1 N–H and O–H groups in total. The number of ether oxygens (including phenoxy) is 1. The van der Waals surface area contributed by atoms with Gasteiger partial charge < -0.3 is 10.1 Å². The maximum absolute atomic E-state index is 11.8. The van der Waals surface area contributed by atoms with Crippen LogP contribution >= 0.6 is 0 Å². The summed E-state index contributed by atoms with van der Waals surface area (Å²) in [6.45, 7) is 5.68. The van der Waals surface area contributed by atoms with Gasteiger partial charge in [0.1, 0.15) is 6.04 Å². The lowest BCUT2D eigenvalue weighted by molar-refractivity contribution is -0.148. The van der Waals surface area contributed by atoms with Gasteiger partial charge in [-0.25, -0.2) is 0 Å². The first kappa shape index (κ1) is 10.9. The molecule has 0 radical (unpaired) electrons. The molecule has 0 spiro atoms. The SMILES string of the molecule is CC(C)COC(=O)C1NCC2CCCC21. The van der Waals surface area contributed by atoms with Gasteiger partial charge in [0, 0.05) is 0 Å². The summed E-state index contributed by atoms with van der Waals surface area (Å²) in [5.74, 6) is 1.67. The third-order valence-electron chi connectivity index (χ3n) is 3.56. The van der Waals surface area contributed by atoms with Gasteiger partial charge in [-0.15, -0.1) is 0 Å². The zero-order chi connectivity index (χ0) is 10.8. The number of hydrogen-bond acceptors (Lipinski definition) is 3. The predicted molar refractivity (Wildman–Crippen MR) is 58.4 cm³/mol. The smallest absolute Gasteiger partial charge is 0.323 e. The second-order valence-electron chi connectivity index (χ2n) is 5.26. The Morgan fingerprint density at radius 1 is 1.47 bits per heavy atom. The molecule has 2 rings (SSSR count). The van der Waals surface area contributed by atoms with Crippen molar-refractivity contribution in [1.82, 2.24) is 5.32 Å². The number of rotatable bonds is 3. The number of esters is 1. The van der Waals surface area contributed by atoms with Crippen LogP contribution in [0.3, 0.4) is 0 Å². The number of carbonyl (C=O) groups excluding carboxylic acids is 1. The molecular weight excluding hydrogens is 190 g/mol. The highest BCUT2D eigenvalue weighted by atomic mass is 16.5. The molecule has 3 atom stereocenters. The molecule has 1 saturated heterocycles. The van der Waals surface area contributed by atoms with Crippen molar-refractivity contribution in [1.29, 1.82) is 0 Å². The monoisotopic (exact) mass is 211 g/mol. The first-order valence-corrected chi connectivity index (χ1v) is 6.08. The van der Waals surface area contributed by atoms with Crippen molar-refractivity contribution >= 4 is 5.97 Å². The second kappa shape index (κ2) is 4.52. The number of fused-ring (bicyclic) bond motifs is 1. The summed E-state index contributed by atoms with van der Waals surface area (Å²) in [5.41, 5.74) is 0. The Hall–Kier alpha value is -0.570. The standard InChI is InChI=1S/C12H21NO2/c1-8(2)7-15-12(14)11-10-5-3-4-9(10)6-13-11/h8-11,13H,3-7H2,1-2H3. The van der Waals surface area contributed by atoms with Gasteiger partial charge in [-0.1, -0.05) is 20.3 Å². The van der Waals surface area contributed by atoms with E-state index in [2.05, 4.69) is 19.2 Å². The average Bonchev–Trinajstić information content (AvgIpc) is 2.74. The Morgan fingerprint density at radius 3 is 3.00 bits per heavy atom. The minimum atomic E-state index is -0.0295. The lowest BCUT2D eigenvalue weighted by Gasteiger charge is -2.17. The molecular formula is C12H21NO2. The van der Waals surface area contributed by atoms with Gasteiger partial charge in [0.15, 0.2) is 0 Å². The van der Waals surface area contributed by atoms with E-state index >= 15 is 0 Å². The fourth-order valence-corrected chi connectivity index (χ4v) is 2.78. The van der Waals surface area contributed by atoms with Crippen LogP contribution in [0.5, 0.6) is 0 Å². The molecule has 2 aliphatic rings. The van der Waals surface area contributed by atoms with Gasteiger partial charge in [0.05, 0.1) is 6.61 Å². The maximum Gasteiger partial charge on any atom is 0.323 e. The third kappa shape index (κ3) is 2.33. The second-order valence-corrected chi connectivity index (χ2v) is 5.26. The molecule has 3 unspecified atom stereocenters. The number of carbonyl (C=O) groups is 1. The molecule has 0 amide bonds. The molecule has 0 aromatic heterocycles. The van der Waals surface area contributed by atoms with E-state index < -0.39 is 0 Å². The highest BCUT2D eigenvalue weighted by Gasteiger charge is 2.43. The van der Waals surface area contributed by atoms with Gasteiger partial charge >= 0.3 is 5.97 Å². The van der Waals surface area contributed by atoms with Gasteiger partial charge in [-0.3, -0.25) is 4.79 Å². The summed E-state index contributed by atoms with van der Waals surface area (Å²) in [5, 5.41) is 3.31. The van der Waals surface area contributed by atoms with E-state index in [4.69, 9.17) is 4.74 Å². The minimum Gasteiger partial charge on any atom is -0.464 e. The summed E-state index contributed by atoms with van der Waals surface area (Å²) in [7, 11) is 0. The number of hydrogen-bond donors (Lipinski definition) is 1. The van der Waals surface area contributed by atoms with Crippen LogP contribution in [-0.2, 0) is 9.53 Å². The van der Waals surface area contributed by atoms with Crippen LogP contribution in [0.25, 0.3) is 0 Å². The largest absolute Gasteiger partial charge is 0.464 e. The molecule has 1 heterocycles. The highest BCUT2D eigenvalue weighted by Crippen LogP contribution is 2.37. The van der Waals surface area contributed by atoms with Crippen molar-refractivity contribution in [3.63, 3.8) is 0 Å². The van der Waals surface area contributed by atoms with E-state index in [1.54, 1.807) is 0 Å². The molecule has 1 aliphatic heterocycles. The van der Waals surface area contributed by atoms with Crippen LogP contribution < -0.4 is 5.32 Å². The van der Waals surface area contributed by atoms with E-state index in [1.165, 1.54) is 19.3 Å². The lowest BCUT2D eigenvalue weighted by atomic mass is 9.94. The molecule has 0 aromatic rings. The van der Waals surface area contributed by atoms with E-state index in [0.29, 0.717) is 18.4 Å². The predicted octanol–water partition coefficient (Wildman–Crippen LogP) is 1.57. The summed E-state index contributed by atoms with van der Waals surface area (Å²) < 4.78 is 5.29. The summed E-state index contributed by atoms with van der Waals surface area (Å²) in [6, 6.07) is -0.0174. The summed E-state index contributed by atoms with van der Waals surface area (Å²) in [4.78, 5) is 11.8. The molecule has 1 saturated carbocycles. The molecule has 86 valence electrons. The fourth-order valence-electron chi connectivity index (χ4n) is 2.78. The van der Waals surface area contributed by atoms with Gasteiger partial charge in [-0.05, 0) is 37.1 Å². The highest BCUT2D eigenvalue weighted by molar-refractivity contribution is 5.76. The van der Waals surface area contributed by atoms with E-state index in [-0.39, 0.29) is 12.0 Å². The van der Waals surface area contributed by atoms with Crippen molar-refractivity contribution in [2.24, 2.45) is 17.8 Å². The van der Waals surface area contributed by atoms with Crippen molar-refractivity contribution in [2.75, 3.05) is 13.2 Å². The van der Waals surface area contributed by atoms with Gasteiger partial charge in [0.25, 0.3) is 0 Å². The van der Waals surface area contributed by atoms with E-state index in [9.17, 15) is 4.79 Å². The topological polar surface area (TPSA) is 38.3 Å². The van der Waals surface area contributed by atoms with Crippen LogP contribution in [0, 0.1) is 17.8 Å². The van der Waals surface area contributed by atoms with Gasteiger partial charge in [-0.2, -0.15) is 0 Å². The average molecular weight is 211 g/mol. The molecule has 1 aliphatic carbocycles. The molecule has 15 heavy (non-hydrogen) atoms. The van der Waals surface area contributed by atoms with E-state index in [0.717, 1.165) is 12.5 Å². The Labute approximate surface area is 91.6 Å². The fraction of sp³-hybridized carbons (Fsp3) is 0.917. The molecule has 2 fully saturated rings. The van der Waals surface area contributed by atoms with Crippen molar-refractivity contribution in [3.05, 3.63) is 0 Å². The van der Waals surface area contributed by atoms with Crippen LogP contribution in [0.1, 0.15) is 33.1 Å². The van der Waals surface area contributed by atoms with Crippen LogP contribution in [0.2, 0.25) is 0 Å². The Morgan fingerprint density at radius 2 is 2.27 bits per heavy atom. The van der Waals surface area contributed by atoms with Crippen molar-refractivity contribution < 1.29 is 9.53 Å². The van der Waals surface area contributed by atoms with Crippen LogP contribution in [-0.4, -0.2) is 25.2 Å². The maximum atomic E-state index is 11.8. The Bertz CT molecular complexity index is 240. The summed E-state index contributed by atoms with van der Waals surface area (Å²) in [6.07, 6.45) is 3.76. The lowest BCUT2D eigenvalue weighted by Crippen LogP contribution is -2.37. The quantitative estimate of drug-likeness (QED) is 0.720. The van der Waals surface area contributed by atoms with E-state index in [1.807, 2.05) is 0 Å². The van der Waals surface area contributed by atoms with Crippen molar-refractivity contribution in [3.8, 4) is 0 Å². The molecule has 3 nitrogen and oxygen atoms in total. The first-order chi connectivity index (χ1) is 7.18. The Kier molecular flexibility index (Phi) is 3.29. The zero-order valence-corrected chi connectivity index (χ0v) is 9.66. The molecule has 3 heteroatoms. The first-order valence-electron chi connectivity index (χ1n) is 6.08. The van der Waals surface area contributed by atoms with Crippen LogP contribution in [0.4, 0.5) is 0 Å². The van der Waals surface area contributed by atoms with Crippen LogP contribution in [0.15, 0.2) is 0 Å². The van der Waals surface area contributed by atoms with Crippen molar-refractivity contribution in [2.45, 2.75) is 39.2 Å². The zero-order valence-electron chi connectivity index (χ0n) is 9.66. The normalized spacial score (nSPS) is 34.5. The van der Waals surface area contributed by atoms with Gasteiger partial charge in [0.2, 0.25) is 0 Å². The molecule has 0 aromatic carbocycles. The third-order valence-corrected chi connectivity index (χ3v) is 3.56. The molecule has 0 bridgehead atoms. The minimum absolute atomic E-state index is 0.0174. The summed E-state index contributed by atoms with van der Waals surface area (Å²) >= 11 is 0.